The van der Waals surface area contributed by atoms with Crippen LogP contribution < -0.4 is 4.90 Å². The molecule has 4 bridgehead atoms. The smallest absolute Gasteiger partial charge is 0.137 e. The summed E-state index contributed by atoms with van der Waals surface area (Å²) in [5, 5.41) is 2.33. The van der Waals surface area contributed by atoms with Crippen LogP contribution in [0.1, 0.15) is 43.2 Å². The monoisotopic (exact) mass is 619 g/mol. The molecule has 0 saturated heterocycles. The van der Waals surface area contributed by atoms with E-state index in [0.29, 0.717) is 11.8 Å². The van der Waals surface area contributed by atoms with Crippen molar-refractivity contribution in [1.82, 2.24) is 0 Å². The standard InChI is InChI=1S/C46H37NO/c1-2-10-31(11-3-1)32-20-22-35(23-21-32)47(40-16-9-19-43-44(40)38-13-5-7-18-42(38)48-43)41-17-8-14-37-36-12-4-6-15-39(36)46(45(37)41)33-25-29-24-30(27-33)28-34(46)26-29/h1-23,29-30,33-34H,24-28H2. The van der Waals surface area contributed by atoms with Crippen molar-refractivity contribution in [2.45, 2.75) is 37.5 Å². The molecule has 0 N–H and O–H groups in total. The van der Waals surface area contributed by atoms with Crippen LogP contribution in [0, 0.1) is 23.7 Å². The van der Waals surface area contributed by atoms with Gasteiger partial charge in [0.1, 0.15) is 11.2 Å². The Kier molecular flexibility index (Phi) is 5.59. The molecule has 1 spiro atoms. The summed E-state index contributed by atoms with van der Waals surface area (Å²) >= 11 is 0. The van der Waals surface area contributed by atoms with Gasteiger partial charge in [0.15, 0.2) is 0 Å². The second-order valence-corrected chi connectivity index (χ2v) is 14.9. The number of para-hydroxylation sites is 1. The summed E-state index contributed by atoms with van der Waals surface area (Å²) in [5.41, 5.74) is 14.1. The van der Waals surface area contributed by atoms with Crippen LogP contribution in [-0.2, 0) is 5.41 Å². The molecular formula is C46H37NO. The van der Waals surface area contributed by atoms with Gasteiger partial charge >= 0.3 is 0 Å². The molecule has 7 aromatic rings. The van der Waals surface area contributed by atoms with E-state index in [0.717, 1.165) is 28.4 Å². The Morgan fingerprint density at radius 1 is 0.500 bits per heavy atom. The molecule has 4 saturated carbocycles. The molecule has 0 amide bonds. The first kappa shape index (κ1) is 26.9. The minimum absolute atomic E-state index is 0.0462. The summed E-state index contributed by atoms with van der Waals surface area (Å²) < 4.78 is 6.50. The van der Waals surface area contributed by atoms with E-state index in [-0.39, 0.29) is 5.41 Å². The Balaban J connectivity index is 1.20. The zero-order valence-corrected chi connectivity index (χ0v) is 27.0. The third-order valence-electron chi connectivity index (χ3n) is 12.6. The Morgan fingerprint density at radius 2 is 1.12 bits per heavy atom. The van der Waals surface area contributed by atoms with Crippen molar-refractivity contribution >= 4 is 39.0 Å². The highest BCUT2D eigenvalue weighted by Crippen LogP contribution is 2.71. The van der Waals surface area contributed by atoms with E-state index >= 15 is 0 Å². The summed E-state index contributed by atoms with van der Waals surface area (Å²) in [6.45, 7) is 0. The first-order valence-corrected chi connectivity index (χ1v) is 17.9. The van der Waals surface area contributed by atoms with Crippen molar-refractivity contribution in [2.75, 3.05) is 4.90 Å². The van der Waals surface area contributed by atoms with Gasteiger partial charge in [0, 0.05) is 16.5 Å². The fraction of sp³-hybridized carbons (Fsp3) is 0.217. The molecule has 2 nitrogen and oxygen atoms in total. The van der Waals surface area contributed by atoms with E-state index in [1.54, 1.807) is 11.1 Å². The number of fused-ring (bicyclic) bond motifs is 6. The van der Waals surface area contributed by atoms with Crippen molar-refractivity contribution in [2.24, 2.45) is 23.7 Å². The molecule has 0 atom stereocenters. The summed E-state index contributed by atoms with van der Waals surface area (Å²) in [7, 11) is 0. The zero-order chi connectivity index (χ0) is 31.4. The van der Waals surface area contributed by atoms with Gasteiger partial charge in [-0.2, -0.15) is 0 Å². The number of anilines is 3. The zero-order valence-electron chi connectivity index (χ0n) is 27.0. The number of hydrogen-bond donors (Lipinski definition) is 0. The van der Waals surface area contributed by atoms with Gasteiger partial charge in [0.25, 0.3) is 0 Å². The number of nitrogens with zero attached hydrogens (tertiary/aromatic N) is 1. The van der Waals surface area contributed by atoms with Gasteiger partial charge < -0.3 is 9.32 Å². The van der Waals surface area contributed by atoms with Crippen molar-refractivity contribution in [3.8, 4) is 22.3 Å². The molecule has 232 valence electrons. The van der Waals surface area contributed by atoms with E-state index < -0.39 is 0 Å². The van der Waals surface area contributed by atoms with Crippen LogP contribution in [0.4, 0.5) is 17.1 Å². The summed E-state index contributed by atoms with van der Waals surface area (Å²) in [5.74, 6) is 3.17. The SMILES string of the molecule is c1ccc(-c2ccc(N(c3cccc4c3C3(c5ccccc5-4)C4CC5CC(C4)CC3C5)c3cccc4oc5ccccc5c34)cc2)cc1. The molecule has 0 radical (unpaired) electrons. The Bertz CT molecular complexity index is 2340. The summed E-state index contributed by atoms with van der Waals surface area (Å²) in [4.78, 5) is 2.58. The molecule has 4 fully saturated rings. The lowest BCUT2D eigenvalue weighted by molar-refractivity contribution is -0.0397. The molecule has 12 rings (SSSR count). The van der Waals surface area contributed by atoms with E-state index in [2.05, 4.69) is 144 Å². The molecule has 0 aliphatic heterocycles. The molecule has 0 unspecified atom stereocenters. The van der Waals surface area contributed by atoms with Crippen molar-refractivity contribution < 1.29 is 4.42 Å². The largest absolute Gasteiger partial charge is 0.456 e. The lowest BCUT2D eigenvalue weighted by Gasteiger charge is -2.61. The second kappa shape index (κ2) is 9.97. The van der Waals surface area contributed by atoms with Crippen LogP contribution in [0.5, 0.6) is 0 Å². The fourth-order valence-corrected chi connectivity index (χ4v) is 11.2. The van der Waals surface area contributed by atoms with Crippen LogP contribution in [0.15, 0.2) is 144 Å². The van der Waals surface area contributed by atoms with Gasteiger partial charge in [0.2, 0.25) is 0 Å². The van der Waals surface area contributed by atoms with Gasteiger partial charge in [-0.15, -0.1) is 0 Å². The number of rotatable bonds is 4. The molecule has 6 aromatic carbocycles. The second-order valence-electron chi connectivity index (χ2n) is 14.9. The maximum atomic E-state index is 6.50. The number of hydrogen-bond acceptors (Lipinski definition) is 2. The summed E-state index contributed by atoms with van der Waals surface area (Å²) in [6.07, 6.45) is 6.91. The van der Waals surface area contributed by atoms with Gasteiger partial charge in [-0.3, -0.25) is 0 Å². The van der Waals surface area contributed by atoms with E-state index in [1.165, 1.54) is 76.8 Å². The van der Waals surface area contributed by atoms with Gasteiger partial charge in [-0.05, 0) is 126 Å². The predicted octanol–water partition coefficient (Wildman–Crippen LogP) is 12.4. The first-order chi connectivity index (χ1) is 23.8. The Morgan fingerprint density at radius 3 is 1.94 bits per heavy atom. The van der Waals surface area contributed by atoms with E-state index in [4.69, 9.17) is 4.42 Å². The average molecular weight is 620 g/mol. The van der Waals surface area contributed by atoms with Crippen LogP contribution in [-0.4, -0.2) is 0 Å². The van der Waals surface area contributed by atoms with Crippen molar-refractivity contribution in [3.05, 3.63) is 151 Å². The predicted molar refractivity (Wildman–Crippen MR) is 197 cm³/mol. The lowest BCUT2D eigenvalue weighted by Crippen LogP contribution is -2.55. The highest BCUT2D eigenvalue weighted by Gasteiger charge is 2.62. The third kappa shape index (κ3) is 3.58. The van der Waals surface area contributed by atoms with Crippen molar-refractivity contribution in [1.29, 1.82) is 0 Å². The lowest BCUT2D eigenvalue weighted by atomic mass is 9.43. The highest BCUT2D eigenvalue weighted by molar-refractivity contribution is 6.13. The topological polar surface area (TPSA) is 16.4 Å². The summed E-state index contributed by atoms with van der Waals surface area (Å²) in [6, 6.07) is 51.7. The van der Waals surface area contributed by atoms with Gasteiger partial charge in [-0.25, -0.2) is 0 Å². The first-order valence-electron chi connectivity index (χ1n) is 17.9. The fourth-order valence-electron chi connectivity index (χ4n) is 11.2. The van der Waals surface area contributed by atoms with E-state index in [1.807, 2.05) is 0 Å². The molecular weight excluding hydrogens is 583 g/mol. The van der Waals surface area contributed by atoms with Crippen LogP contribution in [0.25, 0.3) is 44.2 Å². The highest BCUT2D eigenvalue weighted by atomic mass is 16.3. The molecule has 48 heavy (non-hydrogen) atoms. The number of benzene rings is 6. The molecule has 1 aromatic heterocycles. The minimum Gasteiger partial charge on any atom is -0.456 e. The third-order valence-corrected chi connectivity index (χ3v) is 12.6. The van der Waals surface area contributed by atoms with E-state index in [9.17, 15) is 0 Å². The molecule has 5 aliphatic carbocycles. The van der Waals surface area contributed by atoms with Crippen LogP contribution in [0.3, 0.4) is 0 Å². The molecule has 1 heterocycles. The van der Waals surface area contributed by atoms with Gasteiger partial charge in [-0.1, -0.05) is 103 Å². The van der Waals surface area contributed by atoms with Crippen molar-refractivity contribution in [3.63, 3.8) is 0 Å². The Labute approximate surface area is 281 Å². The van der Waals surface area contributed by atoms with Crippen LogP contribution >= 0.6 is 0 Å². The molecule has 5 aliphatic rings. The quantitative estimate of drug-likeness (QED) is 0.195. The average Bonchev–Trinajstić information content (AvgIpc) is 3.66. The Hall–Kier alpha value is -5.08. The maximum absolute atomic E-state index is 6.50. The normalized spacial score (nSPS) is 24.8. The maximum Gasteiger partial charge on any atom is 0.137 e. The molecule has 2 heteroatoms. The van der Waals surface area contributed by atoms with Gasteiger partial charge in [0.05, 0.1) is 16.8 Å². The number of furan rings is 1. The van der Waals surface area contributed by atoms with Crippen LogP contribution in [0.2, 0.25) is 0 Å². The minimum atomic E-state index is 0.0462.